The number of halogens is 2. The highest BCUT2D eigenvalue weighted by atomic mass is 79.9. The van der Waals surface area contributed by atoms with E-state index in [-0.39, 0.29) is 0 Å². The topological polar surface area (TPSA) is 38.9 Å². The zero-order valence-electron chi connectivity index (χ0n) is 8.86. The van der Waals surface area contributed by atoms with Gasteiger partial charge in [0.15, 0.2) is 0 Å². The van der Waals surface area contributed by atoms with Crippen molar-refractivity contribution < 1.29 is 0 Å². The van der Waals surface area contributed by atoms with E-state index in [4.69, 9.17) is 17.3 Å². The molecule has 0 saturated heterocycles. The molecule has 1 aromatic carbocycles. The standard InChI is InChI=1S/C12H10BrClN2S/c13-9-3-8(5-16-6-9)7-17-12-2-1-10(14)4-11(12)15/h1-6H,7,15H2. The monoisotopic (exact) mass is 328 g/mol. The minimum atomic E-state index is 0.663. The molecule has 0 fully saturated rings. The minimum Gasteiger partial charge on any atom is -0.398 e. The first-order valence-electron chi connectivity index (χ1n) is 4.92. The first-order chi connectivity index (χ1) is 8.15. The van der Waals surface area contributed by atoms with Crippen LogP contribution in [0.4, 0.5) is 5.69 Å². The van der Waals surface area contributed by atoms with Gasteiger partial charge in [-0.15, -0.1) is 11.8 Å². The van der Waals surface area contributed by atoms with Gasteiger partial charge < -0.3 is 5.73 Å². The molecule has 0 radical (unpaired) electrons. The summed E-state index contributed by atoms with van der Waals surface area (Å²) in [6.07, 6.45) is 3.62. The number of nitrogen functional groups attached to an aromatic ring is 1. The third-order valence-electron chi connectivity index (χ3n) is 2.13. The van der Waals surface area contributed by atoms with Crippen molar-refractivity contribution in [2.24, 2.45) is 0 Å². The predicted octanol–water partition coefficient (Wildman–Crippen LogP) is 4.37. The van der Waals surface area contributed by atoms with Crippen LogP contribution in [0.1, 0.15) is 5.56 Å². The Balaban J connectivity index is 2.07. The van der Waals surface area contributed by atoms with Crippen LogP contribution >= 0.6 is 39.3 Å². The van der Waals surface area contributed by atoms with Crippen LogP contribution in [0.25, 0.3) is 0 Å². The Morgan fingerprint density at radius 1 is 1.29 bits per heavy atom. The van der Waals surface area contributed by atoms with E-state index in [1.807, 2.05) is 24.4 Å². The first-order valence-corrected chi connectivity index (χ1v) is 7.08. The molecule has 0 amide bonds. The second kappa shape index (κ2) is 5.76. The van der Waals surface area contributed by atoms with Crippen LogP contribution < -0.4 is 5.73 Å². The molecule has 88 valence electrons. The molecule has 2 nitrogen and oxygen atoms in total. The number of rotatable bonds is 3. The molecule has 0 aliphatic carbocycles. The minimum absolute atomic E-state index is 0.663. The summed E-state index contributed by atoms with van der Waals surface area (Å²) in [5.74, 6) is 0.832. The van der Waals surface area contributed by atoms with Gasteiger partial charge in [-0.2, -0.15) is 0 Å². The van der Waals surface area contributed by atoms with Gasteiger partial charge in [0.1, 0.15) is 0 Å². The zero-order valence-corrected chi connectivity index (χ0v) is 12.0. The van der Waals surface area contributed by atoms with Gasteiger partial charge in [-0.25, -0.2) is 0 Å². The number of anilines is 1. The maximum atomic E-state index is 5.89. The lowest BCUT2D eigenvalue weighted by molar-refractivity contribution is 1.23. The highest BCUT2D eigenvalue weighted by Crippen LogP contribution is 2.30. The largest absolute Gasteiger partial charge is 0.398 e. The van der Waals surface area contributed by atoms with Crippen molar-refractivity contribution >= 4 is 45.0 Å². The fourth-order valence-electron chi connectivity index (χ4n) is 1.35. The van der Waals surface area contributed by atoms with E-state index in [1.54, 1.807) is 24.0 Å². The van der Waals surface area contributed by atoms with Crippen LogP contribution in [0.5, 0.6) is 0 Å². The summed E-state index contributed by atoms with van der Waals surface area (Å²) < 4.78 is 0.986. The Kier molecular flexibility index (Phi) is 4.31. The molecule has 2 N–H and O–H groups in total. The Bertz CT molecular complexity index is 534. The molecular formula is C12H10BrClN2S. The Morgan fingerprint density at radius 2 is 2.12 bits per heavy atom. The molecule has 1 heterocycles. The summed E-state index contributed by atoms with van der Waals surface area (Å²) in [6.45, 7) is 0. The van der Waals surface area contributed by atoms with Gasteiger partial charge in [0.2, 0.25) is 0 Å². The molecule has 0 unspecified atom stereocenters. The second-order valence-corrected chi connectivity index (χ2v) is 5.85. The summed E-state index contributed by atoms with van der Waals surface area (Å²) in [4.78, 5) is 5.16. The maximum absolute atomic E-state index is 5.89. The van der Waals surface area contributed by atoms with Gasteiger partial charge in [0.05, 0.1) is 0 Å². The lowest BCUT2D eigenvalue weighted by Crippen LogP contribution is -1.89. The highest BCUT2D eigenvalue weighted by Gasteiger charge is 2.02. The Labute approximate surface area is 118 Å². The number of pyridine rings is 1. The van der Waals surface area contributed by atoms with Crippen molar-refractivity contribution in [3.63, 3.8) is 0 Å². The average molecular weight is 330 g/mol. The molecule has 2 aromatic rings. The maximum Gasteiger partial charge on any atom is 0.0467 e. The van der Waals surface area contributed by atoms with Crippen molar-refractivity contribution in [1.82, 2.24) is 4.98 Å². The van der Waals surface area contributed by atoms with E-state index >= 15 is 0 Å². The average Bonchev–Trinajstić information content (AvgIpc) is 2.28. The van der Waals surface area contributed by atoms with E-state index < -0.39 is 0 Å². The molecule has 5 heteroatoms. The lowest BCUT2D eigenvalue weighted by Gasteiger charge is -2.05. The number of benzene rings is 1. The molecule has 0 bridgehead atoms. The molecular weight excluding hydrogens is 320 g/mol. The van der Waals surface area contributed by atoms with Crippen LogP contribution in [0.2, 0.25) is 5.02 Å². The third kappa shape index (κ3) is 3.63. The number of thioether (sulfide) groups is 1. The normalized spacial score (nSPS) is 10.5. The van der Waals surface area contributed by atoms with E-state index in [2.05, 4.69) is 20.9 Å². The van der Waals surface area contributed by atoms with Crippen molar-refractivity contribution in [3.8, 4) is 0 Å². The number of nitrogens with two attached hydrogens (primary N) is 1. The Morgan fingerprint density at radius 3 is 2.82 bits per heavy atom. The van der Waals surface area contributed by atoms with Crippen molar-refractivity contribution in [1.29, 1.82) is 0 Å². The summed E-state index contributed by atoms with van der Waals surface area (Å²) in [5, 5.41) is 0.663. The van der Waals surface area contributed by atoms with Gasteiger partial charge in [0.25, 0.3) is 0 Å². The molecule has 17 heavy (non-hydrogen) atoms. The summed E-state index contributed by atoms with van der Waals surface area (Å²) >= 11 is 10.9. The van der Waals surface area contributed by atoms with Crippen LogP contribution in [0.3, 0.4) is 0 Å². The van der Waals surface area contributed by atoms with Crippen LogP contribution in [0, 0.1) is 0 Å². The van der Waals surface area contributed by atoms with E-state index in [0.29, 0.717) is 10.7 Å². The lowest BCUT2D eigenvalue weighted by atomic mass is 10.3. The summed E-state index contributed by atoms with van der Waals surface area (Å²) in [6, 6.07) is 7.60. The van der Waals surface area contributed by atoms with Crippen LogP contribution in [0.15, 0.2) is 46.0 Å². The Hall–Kier alpha value is -0.710. The van der Waals surface area contributed by atoms with Gasteiger partial charge in [-0.3, -0.25) is 4.98 Å². The van der Waals surface area contributed by atoms with E-state index in [1.165, 1.54) is 0 Å². The zero-order chi connectivity index (χ0) is 12.3. The van der Waals surface area contributed by atoms with Crippen molar-refractivity contribution in [2.45, 2.75) is 10.6 Å². The fourth-order valence-corrected chi connectivity index (χ4v) is 2.81. The van der Waals surface area contributed by atoms with Gasteiger partial charge in [-0.05, 0) is 45.8 Å². The number of aromatic nitrogens is 1. The summed E-state index contributed by atoms with van der Waals surface area (Å²) in [7, 11) is 0. The van der Waals surface area contributed by atoms with Gasteiger partial charge in [0, 0.05) is 38.2 Å². The second-order valence-electron chi connectivity index (χ2n) is 3.48. The van der Waals surface area contributed by atoms with Gasteiger partial charge >= 0.3 is 0 Å². The number of hydrogen-bond donors (Lipinski definition) is 1. The first kappa shape index (κ1) is 12.7. The molecule has 0 saturated carbocycles. The molecule has 0 aliphatic rings. The fraction of sp³-hybridized carbons (Fsp3) is 0.0833. The predicted molar refractivity (Wildman–Crippen MR) is 77.4 cm³/mol. The van der Waals surface area contributed by atoms with Crippen molar-refractivity contribution in [3.05, 3.63) is 51.7 Å². The van der Waals surface area contributed by atoms with E-state index in [0.717, 1.165) is 20.7 Å². The quantitative estimate of drug-likeness (QED) is 0.671. The van der Waals surface area contributed by atoms with Gasteiger partial charge in [-0.1, -0.05) is 11.6 Å². The SMILES string of the molecule is Nc1cc(Cl)ccc1SCc1cncc(Br)c1. The van der Waals surface area contributed by atoms with Crippen LogP contribution in [-0.4, -0.2) is 4.98 Å². The molecule has 0 spiro atoms. The summed E-state index contributed by atoms with van der Waals surface area (Å²) in [5.41, 5.74) is 7.75. The third-order valence-corrected chi connectivity index (χ3v) is 3.96. The molecule has 2 rings (SSSR count). The number of hydrogen-bond acceptors (Lipinski definition) is 3. The highest BCUT2D eigenvalue weighted by molar-refractivity contribution is 9.10. The smallest absolute Gasteiger partial charge is 0.0467 e. The van der Waals surface area contributed by atoms with E-state index in [9.17, 15) is 0 Å². The molecule has 0 aliphatic heterocycles. The van der Waals surface area contributed by atoms with Crippen LogP contribution in [-0.2, 0) is 5.75 Å². The molecule has 1 aromatic heterocycles. The van der Waals surface area contributed by atoms with Crippen molar-refractivity contribution in [2.75, 3.05) is 5.73 Å². The number of nitrogens with zero attached hydrogens (tertiary/aromatic N) is 1. The molecule has 0 atom stereocenters.